The van der Waals surface area contributed by atoms with Gasteiger partial charge in [-0.15, -0.1) is 0 Å². The van der Waals surface area contributed by atoms with Gasteiger partial charge in [0.25, 0.3) is 0 Å². The maximum atomic E-state index is 9.97. The summed E-state index contributed by atoms with van der Waals surface area (Å²) in [5.74, 6) is 0.559. The highest BCUT2D eigenvalue weighted by Crippen LogP contribution is 2.27. The van der Waals surface area contributed by atoms with E-state index in [1.165, 1.54) is 19.3 Å². The lowest BCUT2D eigenvalue weighted by Crippen LogP contribution is -2.38. The third-order valence-corrected chi connectivity index (χ3v) is 3.77. The SMILES string of the molecule is O[C@@H](COc1ccc(Cl)cc1Cl)CN1CCCCC1. The van der Waals surface area contributed by atoms with Crippen molar-refractivity contribution in [3.8, 4) is 5.75 Å². The molecule has 0 aromatic heterocycles. The van der Waals surface area contributed by atoms with Crippen molar-refractivity contribution in [2.45, 2.75) is 25.4 Å². The first-order valence-electron chi connectivity index (χ1n) is 6.63. The van der Waals surface area contributed by atoms with Crippen molar-refractivity contribution in [2.75, 3.05) is 26.2 Å². The van der Waals surface area contributed by atoms with Gasteiger partial charge in [-0.2, -0.15) is 0 Å². The van der Waals surface area contributed by atoms with Crippen molar-refractivity contribution < 1.29 is 9.84 Å². The molecule has 0 aliphatic carbocycles. The standard InChI is InChI=1S/C14H19Cl2NO2/c15-11-4-5-14(13(16)8-11)19-10-12(18)9-17-6-2-1-3-7-17/h4-5,8,12,18H,1-3,6-7,9-10H2/t12-/m1/s1. The number of likely N-dealkylation sites (tertiary alicyclic amines) is 1. The normalized spacial score (nSPS) is 18.3. The Kier molecular flexibility index (Phi) is 5.76. The summed E-state index contributed by atoms with van der Waals surface area (Å²) in [4.78, 5) is 2.28. The highest BCUT2D eigenvalue weighted by Gasteiger charge is 2.15. The number of β-amino-alcohol motifs (C(OH)–C–C–N with tert-alkyl or cyclic N) is 1. The molecule has 1 aliphatic heterocycles. The van der Waals surface area contributed by atoms with Crippen LogP contribution in [0.1, 0.15) is 19.3 Å². The van der Waals surface area contributed by atoms with Gasteiger partial charge in [-0.05, 0) is 44.1 Å². The number of hydrogen-bond acceptors (Lipinski definition) is 3. The molecular formula is C14H19Cl2NO2. The topological polar surface area (TPSA) is 32.7 Å². The second-order valence-corrected chi connectivity index (χ2v) is 5.74. The Balaban J connectivity index is 1.77. The number of aliphatic hydroxyl groups is 1. The van der Waals surface area contributed by atoms with Crippen LogP contribution in [-0.2, 0) is 0 Å². The molecule has 1 aromatic carbocycles. The zero-order valence-electron chi connectivity index (χ0n) is 10.8. The summed E-state index contributed by atoms with van der Waals surface area (Å²) in [7, 11) is 0. The fourth-order valence-corrected chi connectivity index (χ4v) is 2.73. The summed E-state index contributed by atoms with van der Waals surface area (Å²) in [6.07, 6.45) is 3.24. The van der Waals surface area contributed by atoms with Gasteiger partial charge in [0, 0.05) is 11.6 Å². The maximum absolute atomic E-state index is 9.97. The van der Waals surface area contributed by atoms with E-state index in [2.05, 4.69) is 4.90 Å². The van der Waals surface area contributed by atoms with Crippen LogP contribution in [0.4, 0.5) is 0 Å². The van der Waals surface area contributed by atoms with Crippen molar-refractivity contribution in [3.63, 3.8) is 0 Å². The van der Waals surface area contributed by atoms with Crippen LogP contribution in [0.25, 0.3) is 0 Å². The molecule has 0 bridgehead atoms. The van der Waals surface area contributed by atoms with Crippen molar-refractivity contribution in [1.29, 1.82) is 0 Å². The third-order valence-electron chi connectivity index (χ3n) is 3.24. The molecule has 0 unspecified atom stereocenters. The summed E-state index contributed by atoms with van der Waals surface area (Å²) in [6, 6.07) is 5.08. The molecule has 1 aromatic rings. The minimum Gasteiger partial charge on any atom is -0.489 e. The number of hydrogen-bond donors (Lipinski definition) is 1. The molecule has 0 spiro atoms. The van der Waals surface area contributed by atoms with Gasteiger partial charge in [0.15, 0.2) is 0 Å². The molecule has 5 heteroatoms. The molecule has 1 fully saturated rings. The molecule has 1 aliphatic rings. The van der Waals surface area contributed by atoms with Gasteiger partial charge in [0.05, 0.1) is 5.02 Å². The van der Waals surface area contributed by atoms with Crippen LogP contribution in [0, 0.1) is 0 Å². The zero-order chi connectivity index (χ0) is 13.7. The Hall–Kier alpha value is -0.480. The van der Waals surface area contributed by atoms with Crippen molar-refractivity contribution >= 4 is 23.2 Å². The lowest BCUT2D eigenvalue weighted by atomic mass is 10.1. The molecule has 106 valence electrons. The average Bonchev–Trinajstić information content (AvgIpc) is 2.39. The lowest BCUT2D eigenvalue weighted by Gasteiger charge is -2.28. The predicted octanol–water partition coefficient (Wildman–Crippen LogP) is 3.22. The molecular weight excluding hydrogens is 285 g/mol. The van der Waals surface area contributed by atoms with Crippen LogP contribution in [0.15, 0.2) is 18.2 Å². The second kappa shape index (κ2) is 7.34. The number of ether oxygens (including phenoxy) is 1. The van der Waals surface area contributed by atoms with Crippen LogP contribution in [-0.4, -0.2) is 42.4 Å². The second-order valence-electron chi connectivity index (χ2n) is 4.90. The Morgan fingerprint density at radius 1 is 1.21 bits per heavy atom. The first kappa shape index (κ1) is 14.9. The molecule has 0 amide bonds. The van der Waals surface area contributed by atoms with E-state index in [0.29, 0.717) is 22.3 Å². The van der Waals surface area contributed by atoms with Gasteiger partial charge in [0.1, 0.15) is 18.5 Å². The van der Waals surface area contributed by atoms with E-state index in [0.717, 1.165) is 13.1 Å². The largest absolute Gasteiger partial charge is 0.489 e. The minimum absolute atomic E-state index is 0.248. The Labute approximate surface area is 124 Å². The first-order valence-corrected chi connectivity index (χ1v) is 7.39. The molecule has 1 atom stereocenters. The van der Waals surface area contributed by atoms with Crippen LogP contribution >= 0.6 is 23.2 Å². The monoisotopic (exact) mass is 303 g/mol. The summed E-state index contributed by atoms with van der Waals surface area (Å²) >= 11 is 11.8. The van der Waals surface area contributed by atoms with Gasteiger partial charge in [-0.25, -0.2) is 0 Å². The van der Waals surface area contributed by atoms with Crippen molar-refractivity contribution in [2.24, 2.45) is 0 Å². The Bertz CT molecular complexity index is 408. The van der Waals surface area contributed by atoms with Gasteiger partial charge < -0.3 is 14.7 Å². The van der Waals surface area contributed by atoms with Crippen LogP contribution in [0.2, 0.25) is 10.0 Å². The Morgan fingerprint density at radius 2 is 1.95 bits per heavy atom. The van der Waals surface area contributed by atoms with E-state index in [1.807, 2.05) is 0 Å². The van der Waals surface area contributed by atoms with E-state index >= 15 is 0 Å². The highest BCUT2D eigenvalue weighted by atomic mass is 35.5. The van der Waals surface area contributed by atoms with E-state index in [9.17, 15) is 5.11 Å². The predicted molar refractivity (Wildman–Crippen MR) is 78.3 cm³/mol. The van der Waals surface area contributed by atoms with Gasteiger partial charge in [-0.3, -0.25) is 0 Å². The summed E-state index contributed by atoms with van der Waals surface area (Å²) in [5.41, 5.74) is 0. The average molecular weight is 304 g/mol. The summed E-state index contributed by atoms with van der Waals surface area (Å²) < 4.78 is 5.53. The minimum atomic E-state index is -0.496. The smallest absolute Gasteiger partial charge is 0.138 e. The number of nitrogens with zero attached hydrogens (tertiary/aromatic N) is 1. The van der Waals surface area contributed by atoms with Crippen LogP contribution in [0.5, 0.6) is 5.75 Å². The fourth-order valence-electron chi connectivity index (χ4n) is 2.27. The molecule has 1 N–H and O–H groups in total. The van der Waals surface area contributed by atoms with E-state index < -0.39 is 6.10 Å². The molecule has 3 nitrogen and oxygen atoms in total. The molecule has 1 saturated heterocycles. The summed E-state index contributed by atoms with van der Waals surface area (Å²) in [6.45, 7) is 3.04. The van der Waals surface area contributed by atoms with Crippen molar-refractivity contribution in [3.05, 3.63) is 28.2 Å². The number of benzene rings is 1. The van der Waals surface area contributed by atoms with E-state index in [-0.39, 0.29) is 6.61 Å². The number of aliphatic hydroxyl groups excluding tert-OH is 1. The van der Waals surface area contributed by atoms with E-state index in [1.54, 1.807) is 18.2 Å². The van der Waals surface area contributed by atoms with Crippen molar-refractivity contribution in [1.82, 2.24) is 4.90 Å². The highest BCUT2D eigenvalue weighted by molar-refractivity contribution is 6.35. The third kappa shape index (κ3) is 4.84. The van der Waals surface area contributed by atoms with Gasteiger partial charge in [0.2, 0.25) is 0 Å². The molecule has 0 radical (unpaired) electrons. The van der Waals surface area contributed by atoms with Gasteiger partial charge >= 0.3 is 0 Å². The number of piperidine rings is 1. The molecule has 2 rings (SSSR count). The number of rotatable bonds is 5. The molecule has 19 heavy (non-hydrogen) atoms. The van der Waals surface area contributed by atoms with Crippen LogP contribution < -0.4 is 4.74 Å². The summed E-state index contributed by atoms with van der Waals surface area (Å²) in [5, 5.41) is 11.0. The zero-order valence-corrected chi connectivity index (χ0v) is 12.3. The fraction of sp³-hybridized carbons (Fsp3) is 0.571. The van der Waals surface area contributed by atoms with E-state index in [4.69, 9.17) is 27.9 Å². The number of halogens is 2. The quantitative estimate of drug-likeness (QED) is 0.906. The molecule has 1 heterocycles. The molecule has 0 saturated carbocycles. The van der Waals surface area contributed by atoms with Gasteiger partial charge in [-0.1, -0.05) is 29.6 Å². The lowest BCUT2D eigenvalue weighted by molar-refractivity contribution is 0.0617. The first-order chi connectivity index (χ1) is 9.15. The Morgan fingerprint density at radius 3 is 2.63 bits per heavy atom. The van der Waals surface area contributed by atoms with Crippen LogP contribution in [0.3, 0.4) is 0 Å². The maximum Gasteiger partial charge on any atom is 0.138 e.